The van der Waals surface area contributed by atoms with Crippen molar-refractivity contribution in [2.75, 3.05) is 25.6 Å². The molecule has 0 fully saturated rings. The van der Waals surface area contributed by atoms with Crippen molar-refractivity contribution in [3.8, 4) is 34.4 Å². The topological polar surface area (TPSA) is 105 Å². The summed E-state index contributed by atoms with van der Waals surface area (Å²) in [4.78, 5) is 16.8. The van der Waals surface area contributed by atoms with Crippen molar-refractivity contribution >= 4 is 11.6 Å². The second-order valence-electron chi connectivity index (χ2n) is 8.06. The molecule has 0 atom stereocenters. The van der Waals surface area contributed by atoms with Crippen molar-refractivity contribution in [3.05, 3.63) is 78.2 Å². The maximum absolute atomic E-state index is 12.4. The van der Waals surface area contributed by atoms with Crippen LogP contribution in [0.5, 0.6) is 23.0 Å². The molecule has 1 N–H and O–H groups in total. The number of anilines is 1. The van der Waals surface area contributed by atoms with Gasteiger partial charge in [0.25, 0.3) is 0 Å². The quantitative estimate of drug-likeness (QED) is 0.363. The van der Waals surface area contributed by atoms with Crippen molar-refractivity contribution in [2.45, 2.75) is 19.4 Å². The zero-order valence-electron chi connectivity index (χ0n) is 19.7. The van der Waals surface area contributed by atoms with Crippen LogP contribution >= 0.6 is 0 Å². The minimum absolute atomic E-state index is 0.173. The largest absolute Gasteiger partial charge is 0.493 e. The standard InChI is InChI=1S/C27H25N3O6/c1-32-23-15-19(7-9-21(23)35-17-18-5-3-2-4-6-18)27-29-26(36-30-27)12-11-25(31)28-20-8-10-22-24(16-20)34-14-13-33-22/h2-10,15-16H,11-14,17H2,1H3,(H,28,31). The van der Waals surface area contributed by atoms with Crippen LogP contribution < -0.4 is 24.3 Å². The first-order valence-electron chi connectivity index (χ1n) is 11.5. The van der Waals surface area contributed by atoms with Crippen LogP contribution in [-0.4, -0.2) is 36.4 Å². The fraction of sp³-hybridized carbons (Fsp3) is 0.222. The predicted molar refractivity (Wildman–Crippen MR) is 131 cm³/mol. The normalized spacial score (nSPS) is 12.1. The van der Waals surface area contributed by atoms with E-state index in [1.807, 2.05) is 42.5 Å². The summed E-state index contributed by atoms with van der Waals surface area (Å²) in [6.45, 7) is 1.43. The molecular weight excluding hydrogens is 462 g/mol. The number of carbonyl (C=O) groups excluding carboxylic acids is 1. The van der Waals surface area contributed by atoms with Gasteiger partial charge in [-0.2, -0.15) is 4.98 Å². The number of ether oxygens (including phenoxy) is 4. The highest BCUT2D eigenvalue weighted by molar-refractivity contribution is 5.91. The molecule has 0 radical (unpaired) electrons. The lowest BCUT2D eigenvalue weighted by Gasteiger charge is -2.18. The smallest absolute Gasteiger partial charge is 0.227 e. The van der Waals surface area contributed by atoms with Crippen LogP contribution in [0.1, 0.15) is 17.9 Å². The average molecular weight is 488 g/mol. The molecule has 184 valence electrons. The summed E-state index contributed by atoms with van der Waals surface area (Å²) in [7, 11) is 1.58. The van der Waals surface area contributed by atoms with E-state index in [9.17, 15) is 4.79 Å². The maximum Gasteiger partial charge on any atom is 0.227 e. The first-order valence-corrected chi connectivity index (χ1v) is 11.5. The molecule has 0 unspecified atom stereocenters. The van der Waals surface area contributed by atoms with Crippen molar-refractivity contribution in [1.29, 1.82) is 0 Å². The number of benzene rings is 3. The number of fused-ring (bicyclic) bond motifs is 1. The van der Waals surface area contributed by atoms with Gasteiger partial charge in [0.2, 0.25) is 17.6 Å². The molecule has 1 aliphatic heterocycles. The number of aromatic nitrogens is 2. The summed E-state index contributed by atoms with van der Waals surface area (Å²) in [5, 5.41) is 6.90. The molecule has 1 amide bonds. The van der Waals surface area contributed by atoms with E-state index in [0.29, 0.717) is 66.6 Å². The molecule has 0 saturated carbocycles. The lowest BCUT2D eigenvalue weighted by Crippen LogP contribution is -2.16. The van der Waals surface area contributed by atoms with Crippen molar-refractivity contribution in [3.63, 3.8) is 0 Å². The van der Waals surface area contributed by atoms with Crippen LogP contribution in [-0.2, 0) is 17.8 Å². The Morgan fingerprint density at radius 2 is 1.81 bits per heavy atom. The maximum atomic E-state index is 12.4. The second-order valence-corrected chi connectivity index (χ2v) is 8.06. The summed E-state index contributed by atoms with van der Waals surface area (Å²) >= 11 is 0. The van der Waals surface area contributed by atoms with Gasteiger partial charge in [0.05, 0.1) is 7.11 Å². The van der Waals surface area contributed by atoms with Crippen molar-refractivity contribution in [2.24, 2.45) is 0 Å². The molecule has 0 saturated heterocycles. The third kappa shape index (κ3) is 5.57. The fourth-order valence-electron chi connectivity index (χ4n) is 3.70. The molecular formula is C27H25N3O6. The molecule has 1 aliphatic rings. The Balaban J connectivity index is 1.17. The molecule has 5 rings (SSSR count). The van der Waals surface area contributed by atoms with Gasteiger partial charge in [0, 0.05) is 30.2 Å². The Bertz CT molecular complexity index is 1340. The summed E-state index contributed by atoms with van der Waals surface area (Å²) in [5.74, 6) is 3.07. The number of hydrogen-bond donors (Lipinski definition) is 1. The predicted octanol–water partition coefficient (Wildman–Crippen LogP) is 4.67. The monoisotopic (exact) mass is 487 g/mol. The van der Waals surface area contributed by atoms with E-state index in [1.54, 1.807) is 31.4 Å². The van der Waals surface area contributed by atoms with Crippen LogP contribution in [0, 0.1) is 0 Å². The molecule has 3 aromatic carbocycles. The lowest BCUT2D eigenvalue weighted by molar-refractivity contribution is -0.116. The molecule has 2 heterocycles. The Hall–Kier alpha value is -4.53. The summed E-state index contributed by atoms with van der Waals surface area (Å²) in [6, 6.07) is 20.6. The van der Waals surface area contributed by atoms with Crippen LogP contribution in [0.3, 0.4) is 0 Å². The SMILES string of the molecule is COc1cc(-c2noc(CCC(=O)Nc3ccc4c(c3)OCCO4)n2)ccc1OCc1ccccc1. The van der Waals surface area contributed by atoms with Gasteiger partial charge in [0.1, 0.15) is 19.8 Å². The van der Waals surface area contributed by atoms with Gasteiger partial charge >= 0.3 is 0 Å². The molecule has 9 heteroatoms. The highest BCUT2D eigenvalue weighted by Gasteiger charge is 2.15. The van der Waals surface area contributed by atoms with Crippen LogP contribution in [0.2, 0.25) is 0 Å². The third-order valence-electron chi connectivity index (χ3n) is 5.52. The van der Waals surface area contributed by atoms with Gasteiger partial charge in [-0.1, -0.05) is 35.5 Å². The number of aryl methyl sites for hydroxylation is 1. The zero-order valence-corrected chi connectivity index (χ0v) is 19.7. The number of hydrogen-bond acceptors (Lipinski definition) is 8. The van der Waals surface area contributed by atoms with E-state index in [-0.39, 0.29) is 12.3 Å². The van der Waals surface area contributed by atoms with E-state index in [0.717, 1.165) is 11.1 Å². The van der Waals surface area contributed by atoms with Crippen molar-refractivity contribution in [1.82, 2.24) is 10.1 Å². The van der Waals surface area contributed by atoms with E-state index < -0.39 is 0 Å². The minimum Gasteiger partial charge on any atom is -0.493 e. The second kappa shape index (κ2) is 10.8. The van der Waals surface area contributed by atoms with Crippen LogP contribution in [0.25, 0.3) is 11.4 Å². The summed E-state index contributed by atoms with van der Waals surface area (Å²) in [5.41, 5.74) is 2.41. The van der Waals surface area contributed by atoms with Gasteiger partial charge in [0.15, 0.2) is 23.0 Å². The number of carbonyl (C=O) groups is 1. The number of methoxy groups -OCH3 is 1. The number of nitrogens with zero attached hydrogens (tertiary/aromatic N) is 2. The van der Waals surface area contributed by atoms with Gasteiger partial charge in [-0.3, -0.25) is 4.79 Å². The average Bonchev–Trinajstić information content (AvgIpc) is 3.40. The van der Waals surface area contributed by atoms with E-state index >= 15 is 0 Å². The van der Waals surface area contributed by atoms with Gasteiger partial charge in [-0.05, 0) is 35.9 Å². The Morgan fingerprint density at radius 3 is 2.64 bits per heavy atom. The van der Waals surface area contributed by atoms with Gasteiger partial charge in [-0.25, -0.2) is 0 Å². The molecule has 4 aromatic rings. The van der Waals surface area contributed by atoms with Crippen molar-refractivity contribution < 1.29 is 28.3 Å². The zero-order chi connectivity index (χ0) is 24.7. The lowest BCUT2D eigenvalue weighted by atomic mass is 10.2. The van der Waals surface area contributed by atoms with E-state index in [4.69, 9.17) is 23.5 Å². The summed E-state index contributed by atoms with van der Waals surface area (Å²) in [6.07, 6.45) is 0.491. The van der Waals surface area contributed by atoms with E-state index in [2.05, 4.69) is 15.5 Å². The molecule has 0 aliphatic carbocycles. The van der Waals surface area contributed by atoms with E-state index in [1.165, 1.54) is 0 Å². The molecule has 0 bridgehead atoms. The fourth-order valence-corrected chi connectivity index (χ4v) is 3.70. The summed E-state index contributed by atoms with van der Waals surface area (Å²) < 4.78 is 27.8. The van der Waals surface area contributed by atoms with Gasteiger partial charge < -0.3 is 28.8 Å². The number of rotatable bonds is 9. The molecule has 0 spiro atoms. The van der Waals surface area contributed by atoms with Crippen LogP contribution in [0.4, 0.5) is 5.69 Å². The molecule has 36 heavy (non-hydrogen) atoms. The Morgan fingerprint density at radius 1 is 0.972 bits per heavy atom. The van der Waals surface area contributed by atoms with Crippen LogP contribution in [0.15, 0.2) is 71.3 Å². The number of nitrogens with one attached hydrogen (secondary N) is 1. The third-order valence-corrected chi connectivity index (χ3v) is 5.52. The van der Waals surface area contributed by atoms with Gasteiger partial charge in [-0.15, -0.1) is 0 Å². The first-order chi connectivity index (χ1) is 17.7. The Kier molecular flexibility index (Phi) is 6.98. The molecule has 1 aromatic heterocycles. The molecule has 9 nitrogen and oxygen atoms in total. The first kappa shape index (κ1) is 23.2. The minimum atomic E-state index is -0.173. The number of amides is 1. The highest BCUT2D eigenvalue weighted by atomic mass is 16.6. The Labute approximate surface area is 208 Å². The highest BCUT2D eigenvalue weighted by Crippen LogP contribution is 2.33.